The molecule has 0 saturated heterocycles. The Kier molecular flexibility index (Phi) is 1.81. The lowest BCUT2D eigenvalue weighted by Gasteiger charge is -2.26. The Morgan fingerprint density at radius 2 is 2.27 bits per heavy atom. The lowest BCUT2D eigenvalue weighted by atomic mass is 9.92. The fourth-order valence-corrected chi connectivity index (χ4v) is 2.97. The minimum atomic E-state index is 0.379. The van der Waals surface area contributed by atoms with Gasteiger partial charge in [-0.3, -0.25) is 4.99 Å². The normalized spacial score (nSPS) is 43.4. The standard InChI is InChI=1S/C7H13N3S/c8-4-1-2-5-6(3-4)11-7(9)10-5/h4-6H,1-3,8H2,(H2,9,10). The van der Waals surface area contributed by atoms with Gasteiger partial charge in [0.2, 0.25) is 0 Å². The molecule has 0 amide bonds. The molecular formula is C7H13N3S. The van der Waals surface area contributed by atoms with Crippen molar-refractivity contribution < 1.29 is 0 Å². The van der Waals surface area contributed by atoms with Crippen molar-refractivity contribution in [2.24, 2.45) is 16.5 Å². The number of amidine groups is 1. The van der Waals surface area contributed by atoms with Crippen molar-refractivity contribution in [2.75, 3.05) is 0 Å². The molecule has 3 unspecified atom stereocenters. The number of thioether (sulfide) groups is 1. The molecule has 3 nitrogen and oxygen atoms in total. The van der Waals surface area contributed by atoms with Crippen LogP contribution >= 0.6 is 11.8 Å². The molecule has 0 aromatic carbocycles. The molecule has 62 valence electrons. The van der Waals surface area contributed by atoms with Crippen molar-refractivity contribution in [3.05, 3.63) is 0 Å². The van der Waals surface area contributed by atoms with E-state index in [1.54, 1.807) is 11.8 Å². The van der Waals surface area contributed by atoms with Crippen LogP contribution in [0.15, 0.2) is 4.99 Å². The quantitative estimate of drug-likeness (QED) is 0.551. The summed E-state index contributed by atoms with van der Waals surface area (Å²) < 4.78 is 0. The summed E-state index contributed by atoms with van der Waals surface area (Å²) in [5.41, 5.74) is 11.4. The van der Waals surface area contributed by atoms with Gasteiger partial charge in [-0.25, -0.2) is 0 Å². The molecule has 1 aliphatic heterocycles. The number of fused-ring (bicyclic) bond motifs is 1. The van der Waals surface area contributed by atoms with Crippen LogP contribution < -0.4 is 11.5 Å². The first-order valence-electron chi connectivity index (χ1n) is 4.01. The van der Waals surface area contributed by atoms with Crippen molar-refractivity contribution in [2.45, 2.75) is 36.6 Å². The molecule has 0 aromatic heterocycles. The molecule has 1 aliphatic carbocycles. The molecule has 4 heteroatoms. The maximum atomic E-state index is 5.83. The van der Waals surface area contributed by atoms with Gasteiger partial charge in [0.05, 0.1) is 6.04 Å². The highest BCUT2D eigenvalue weighted by molar-refractivity contribution is 8.14. The Balaban J connectivity index is 2.03. The third-order valence-corrected chi connectivity index (χ3v) is 3.52. The summed E-state index contributed by atoms with van der Waals surface area (Å²) >= 11 is 1.70. The van der Waals surface area contributed by atoms with Crippen molar-refractivity contribution in [1.29, 1.82) is 0 Å². The number of nitrogens with zero attached hydrogens (tertiary/aromatic N) is 1. The first-order valence-corrected chi connectivity index (χ1v) is 4.89. The third kappa shape index (κ3) is 1.37. The van der Waals surface area contributed by atoms with Crippen LogP contribution in [0.1, 0.15) is 19.3 Å². The van der Waals surface area contributed by atoms with E-state index < -0.39 is 0 Å². The smallest absolute Gasteiger partial charge is 0.154 e. The van der Waals surface area contributed by atoms with Gasteiger partial charge >= 0.3 is 0 Å². The molecule has 11 heavy (non-hydrogen) atoms. The van der Waals surface area contributed by atoms with Gasteiger partial charge in [0, 0.05) is 11.3 Å². The van der Waals surface area contributed by atoms with E-state index in [9.17, 15) is 0 Å². The van der Waals surface area contributed by atoms with Gasteiger partial charge in [-0.1, -0.05) is 11.8 Å². The van der Waals surface area contributed by atoms with Gasteiger partial charge in [-0.2, -0.15) is 0 Å². The maximum Gasteiger partial charge on any atom is 0.154 e. The predicted octanol–water partition coefficient (Wildman–Crippen LogP) is 0.296. The van der Waals surface area contributed by atoms with Crippen molar-refractivity contribution >= 4 is 16.9 Å². The van der Waals surface area contributed by atoms with Gasteiger partial charge in [-0.15, -0.1) is 0 Å². The predicted molar refractivity (Wildman–Crippen MR) is 48.6 cm³/mol. The van der Waals surface area contributed by atoms with Crippen LogP contribution in [-0.4, -0.2) is 22.5 Å². The van der Waals surface area contributed by atoms with E-state index in [4.69, 9.17) is 11.5 Å². The van der Waals surface area contributed by atoms with Gasteiger partial charge < -0.3 is 11.5 Å². The molecule has 0 bridgehead atoms. The summed E-state index contributed by atoms with van der Waals surface area (Å²) in [7, 11) is 0. The van der Waals surface area contributed by atoms with Crippen LogP contribution in [0.25, 0.3) is 0 Å². The zero-order valence-electron chi connectivity index (χ0n) is 6.36. The molecule has 1 saturated carbocycles. The topological polar surface area (TPSA) is 64.4 Å². The van der Waals surface area contributed by atoms with Crippen LogP contribution in [-0.2, 0) is 0 Å². The monoisotopic (exact) mass is 171 g/mol. The first kappa shape index (κ1) is 7.43. The van der Waals surface area contributed by atoms with Crippen molar-refractivity contribution in [3.8, 4) is 0 Å². The molecule has 0 radical (unpaired) electrons. The fraction of sp³-hybridized carbons (Fsp3) is 0.857. The number of aliphatic imine (C=N–C) groups is 1. The second-order valence-electron chi connectivity index (χ2n) is 3.26. The highest BCUT2D eigenvalue weighted by Gasteiger charge is 2.33. The van der Waals surface area contributed by atoms with Gasteiger partial charge in [0.25, 0.3) is 0 Å². The van der Waals surface area contributed by atoms with E-state index in [-0.39, 0.29) is 0 Å². The molecular weight excluding hydrogens is 158 g/mol. The maximum absolute atomic E-state index is 5.83. The molecule has 2 rings (SSSR count). The zero-order chi connectivity index (χ0) is 7.84. The second kappa shape index (κ2) is 2.68. The van der Waals surface area contributed by atoms with E-state index in [0.29, 0.717) is 17.3 Å². The van der Waals surface area contributed by atoms with Crippen LogP contribution in [0.2, 0.25) is 0 Å². The summed E-state index contributed by atoms with van der Waals surface area (Å²) in [6, 6.07) is 0.852. The summed E-state index contributed by atoms with van der Waals surface area (Å²) in [4.78, 5) is 4.35. The second-order valence-corrected chi connectivity index (χ2v) is 4.52. The Labute approximate surface area is 70.6 Å². The summed E-state index contributed by atoms with van der Waals surface area (Å²) in [5.74, 6) is 0. The summed E-state index contributed by atoms with van der Waals surface area (Å²) in [6.07, 6.45) is 3.32. The summed E-state index contributed by atoms with van der Waals surface area (Å²) in [5, 5.41) is 1.34. The van der Waals surface area contributed by atoms with Crippen LogP contribution in [0.4, 0.5) is 0 Å². The molecule has 4 N–H and O–H groups in total. The van der Waals surface area contributed by atoms with Gasteiger partial charge in [0.15, 0.2) is 5.17 Å². The Bertz CT molecular complexity index is 192. The molecule has 1 heterocycles. The van der Waals surface area contributed by atoms with E-state index in [2.05, 4.69) is 4.99 Å². The lowest BCUT2D eigenvalue weighted by Crippen LogP contribution is -2.35. The van der Waals surface area contributed by atoms with Crippen LogP contribution in [0.3, 0.4) is 0 Å². The van der Waals surface area contributed by atoms with Crippen molar-refractivity contribution in [3.63, 3.8) is 0 Å². The lowest BCUT2D eigenvalue weighted by molar-refractivity contribution is 0.412. The third-order valence-electron chi connectivity index (χ3n) is 2.36. The van der Waals surface area contributed by atoms with E-state index in [1.165, 1.54) is 0 Å². The largest absolute Gasteiger partial charge is 0.379 e. The number of nitrogens with two attached hydrogens (primary N) is 2. The fourth-order valence-electron chi connectivity index (χ4n) is 1.77. The Morgan fingerprint density at radius 1 is 1.45 bits per heavy atom. The highest BCUT2D eigenvalue weighted by atomic mass is 32.2. The van der Waals surface area contributed by atoms with E-state index in [0.717, 1.165) is 24.4 Å². The number of hydrogen-bond donors (Lipinski definition) is 2. The summed E-state index contributed by atoms with van der Waals surface area (Å²) in [6.45, 7) is 0. The average molecular weight is 171 g/mol. The minimum Gasteiger partial charge on any atom is -0.379 e. The molecule has 2 aliphatic rings. The van der Waals surface area contributed by atoms with Crippen molar-refractivity contribution in [1.82, 2.24) is 0 Å². The average Bonchev–Trinajstić information content (AvgIpc) is 2.27. The number of rotatable bonds is 0. The minimum absolute atomic E-state index is 0.379. The molecule has 0 spiro atoms. The van der Waals surface area contributed by atoms with Crippen LogP contribution in [0, 0.1) is 0 Å². The van der Waals surface area contributed by atoms with Gasteiger partial charge in [-0.05, 0) is 19.3 Å². The Morgan fingerprint density at radius 3 is 3.09 bits per heavy atom. The molecule has 0 aromatic rings. The molecule has 1 fully saturated rings. The molecule has 3 atom stereocenters. The first-order chi connectivity index (χ1) is 5.25. The van der Waals surface area contributed by atoms with E-state index >= 15 is 0 Å². The van der Waals surface area contributed by atoms with Crippen LogP contribution in [0.5, 0.6) is 0 Å². The Hall–Kier alpha value is -0.220. The van der Waals surface area contributed by atoms with Gasteiger partial charge in [0.1, 0.15) is 0 Å². The zero-order valence-corrected chi connectivity index (χ0v) is 7.18. The highest BCUT2D eigenvalue weighted by Crippen LogP contribution is 2.35. The van der Waals surface area contributed by atoms with E-state index in [1.807, 2.05) is 0 Å². The number of hydrogen-bond acceptors (Lipinski definition) is 4. The SMILES string of the molecule is NC1=NC2CCC(N)CC2S1.